The van der Waals surface area contributed by atoms with Crippen LogP contribution in [0.5, 0.6) is 5.75 Å². The summed E-state index contributed by atoms with van der Waals surface area (Å²) in [6.07, 6.45) is -3.66. The SMILES string of the molecule is CCOC(=O)[C@@H]1CCCN([C@H]2CC(=O)N(c3cccc(OC(F)(F)F)c3)C2=O)C1. The molecule has 0 aromatic heterocycles. The van der Waals surface area contributed by atoms with Crippen LogP contribution in [0.2, 0.25) is 0 Å². The molecule has 2 saturated heterocycles. The molecule has 0 unspecified atom stereocenters. The number of carbonyl (C=O) groups excluding carboxylic acids is 3. The first kappa shape index (κ1) is 21.1. The maximum atomic E-state index is 12.9. The molecule has 2 amide bonds. The standard InChI is InChI=1S/C19H21F3N2O5/c1-2-28-18(27)12-5-4-8-23(11-12)15-10-16(25)24(17(15)26)13-6-3-7-14(9-13)29-19(20,21)22/h3,6-7,9,12,15H,2,4-5,8,10-11H2,1H3/t12-,15+/m1/s1. The summed E-state index contributed by atoms with van der Waals surface area (Å²) in [6.45, 7) is 2.82. The third kappa shape index (κ3) is 4.87. The van der Waals surface area contributed by atoms with E-state index in [2.05, 4.69) is 4.74 Å². The van der Waals surface area contributed by atoms with Crippen LogP contribution in [0.1, 0.15) is 26.2 Å². The second kappa shape index (κ2) is 8.40. The molecule has 2 fully saturated rings. The number of esters is 1. The van der Waals surface area contributed by atoms with Crippen molar-refractivity contribution < 1.29 is 37.0 Å². The van der Waals surface area contributed by atoms with Gasteiger partial charge in [-0.15, -0.1) is 13.2 Å². The Hall–Kier alpha value is -2.62. The quantitative estimate of drug-likeness (QED) is 0.544. The molecule has 29 heavy (non-hydrogen) atoms. The lowest BCUT2D eigenvalue weighted by Gasteiger charge is -2.34. The van der Waals surface area contributed by atoms with E-state index in [0.717, 1.165) is 17.0 Å². The molecule has 0 saturated carbocycles. The van der Waals surface area contributed by atoms with Crippen LogP contribution >= 0.6 is 0 Å². The first-order valence-corrected chi connectivity index (χ1v) is 9.33. The number of carbonyl (C=O) groups is 3. The first-order valence-electron chi connectivity index (χ1n) is 9.33. The van der Waals surface area contributed by atoms with Crippen molar-refractivity contribution >= 4 is 23.5 Å². The summed E-state index contributed by atoms with van der Waals surface area (Å²) in [7, 11) is 0. The molecule has 2 heterocycles. The van der Waals surface area contributed by atoms with Gasteiger partial charge in [-0.25, -0.2) is 4.90 Å². The number of likely N-dealkylation sites (tertiary alicyclic amines) is 1. The van der Waals surface area contributed by atoms with Gasteiger partial charge in [-0.2, -0.15) is 0 Å². The number of amides is 2. The zero-order valence-corrected chi connectivity index (χ0v) is 15.8. The molecule has 2 aliphatic heterocycles. The van der Waals surface area contributed by atoms with Crippen LogP contribution in [0.25, 0.3) is 0 Å². The number of piperidine rings is 1. The van der Waals surface area contributed by atoms with E-state index < -0.39 is 30.0 Å². The molecule has 0 bridgehead atoms. The average Bonchev–Trinajstić information content (AvgIpc) is 2.95. The van der Waals surface area contributed by atoms with Crippen molar-refractivity contribution in [2.45, 2.75) is 38.6 Å². The van der Waals surface area contributed by atoms with Crippen molar-refractivity contribution in [1.29, 1.82) is 0 Å². The molecule has 7 nitrogen and oxygen atoms in total. The van der Waals surface area contributed by atoms with Gasteiger partial charge in [0.25, 0.3) is 5.91 Å². The van der Waals surface area contributed by atoms with Gasteiger partial charge in [0.2, 0.25) is 5.91 Å². The Morgan fingerprint density at radius 2 is 2.03 bits per heavy atom. The highest BCUT2D eigenvalue weighted by molar-refractivity contribution is 6.22. The van der Waals surface area contributed by atoms with E-state index in [1.165, 1.54) is 12.1 Å². The fourth-order valence-electron chi connectivity index (χ4n) is 3.73. The number of nitrogens with zero attached hydrogens (tertiary/aromatic N) is 2. The number of ether oxygens (including phenoxy) is 2. The molecule has 10 heteroatoms. The van der Waals surface area contributed by atoms with Crippen LogP contribution in [-0.2, 0) is 19.1 Å². The summed E-state index contributed by atoms with van der Waals surface area (Å²) in [5.41, 5.74) is 0.0169. The van der Waals surface area contributed by atoms with Crippen LogP contribution in [0.4, 0.5) is 18.9 Å². The largest absolute Gasteiger partial charge is 0.573 e. The predicted octanol–water partition coefficient (Wildman–Crippen LogP) is 2.49. The van der Waals surface area contributed by atoms with Gasteiger partial charge in [-0.3, -0.25) is 19.3 Å². The van der Waals surface area contributed by atoms with Gasteiger partial charge >= 0.3 is 12.3 Å². The lowest BCUT2D eigenvalue weighted by atomic mass is 9.96. The van der Waals surface area contributed by atoms with Crippen LogP contribution in [-0.4, -0.2) is 54.8 Å². The second-order valence-electron chi connectivity index (χ2n) is 6.92. The van der Waals surface area contributed by atoms with E-state index in [4.69, 9.17) is 4.74 Å². The number of anilines is 1. The van der Waals surface area contributed by atoms with Crippen LogP contribution in [0.15, 0.2) is 24.3 Å². The first-order chi connectivity index (χ1) is 13.7. The maximum absolute atomic E-state index is 12.9. The zero-order chi connectivity index (χ0) is 21.2. The van der Waals surface area contributed by atoms with E-state index in [9.17, 15) is 27.6 Å². The molecule has 0 spiro atoms. The number of halogens is 3. The third-order valence-electron chi connectivity index (χ3n) is 4.95. The van der Waals surface area contributed by atoms with Crippen molar-refractivity contribution in [2.24, 2.45) is 5.92 Å². The Bertz CT molecular complexity index is 798. The summed E-state index contributed by atoms with van der Waals surface area (Å²) in [5.74, 6) is -2.25. The molecular formula is C19H21F3N2O5. The molecule has 3 rings (SSSR count). The Morgan fingerprint density at radius 1 is 1.28 bits per heavy atom. The van der Waals surface area contributed by atoms with Crippen molar-refractivity contribution in [3.8, 4) is 5.75 Å². The van der Waals surface area contributed by atoms with Gasteiger partial charge in [0.15, 0.2) is 0 Å². The van der Waals surface area contributed by atoms with Gasteiger partial charge in [-0.05, 0) is 38.4 Å². The van der Waals surface area contributed by atoms with Crippen LogP contribution in [0, 0.1) is 5.92 Å². The van der Waals surface area contributed by atoms with Gasteiger partial charge in [0, 0.05) is 12.6 Å². The molecule has 0 N–H and O–H groups in total. The van der Waals surface area contributed by atoms with E-state index in [1.54, 1.807) is 11.8 Å². The minimum Gasteiger partial charge on any atom is -0.466 e. The molecule has 0 aliphatic carbocycles. The van der Waals surface area contributed by atoms with Gasteiger partial charge in [0.1, 0.15) is 5.75 Å². The highest BCUT2D eigenvalue weighted by atomic mass is 19.4. The van der Waals surface area contributed by atoms with E-state index in [1.807, 2.05) is 0 Å². The average molecular weight is 414 g/mol. The van der Waals surface area contributed by atoms with Crippen molar-refractivity contribution in [3.63, 3.8) is 0 Å². The summed E-state index contributed by atoms with van der Waals surface area (Å²) < 4.78 is 46.3. The van der Waals surface area contributed by atoms with Crippen LogP contribution < -0.4 is 9.64 Å². The minimum absolute atomic E-state index is 0.0169. The number of rotatable bonds is 5. The predicted molar refractivity (Wildman–Crippen MR) is 95.0 cm³/mol. The number of benzene rings is 1. The van der Waals surface area contributed by atoms with Crippen molar-refractivity contribution in [3.05, 3.63) is 24.3 Å². The summed E-state index contributed by atoms with van der Waals surface area (Å²) in [4.78, 5) is 40.1. The topological polar surface area (TPSA) is 76.2 Å². The van der Waals surface area contributed by atoms with Gasteiger partial charge < -0.3 is 9.47 Å². The Labute approximate surface area is 165 Å². The van der Waals surface area contributed by atoms with Gasteiger partial charge in [-0.1, -0.05) is 6.07 Å². The normalized spacial score (nSPS) is 23.4. The number of hydrogen-bond acceptors (Lipinski definition) is 6. The molecule has 158 valence electrons. The molecule has 2 aliphatic rings. The Balaban J connectivity index is 1.75. The lowest BCUT2D eigenvalue weighted by molar-refractivity contribution is -0.274. The highest BCUT2D eigenvalue weighted by Crippen LogP contribution is 2.32. The maximum Gasteiger partial charge on any atom is 0.573 e. The third-order valence-corrected chi connectivity index (χ3v) is 4.95. The Kier molecular flexibility index (Phi) is 6.11. The van der Waals surface area contributed by atoms with Gasteiger partial charge in [0.05, 0.1) is 30.7 Å². The molecular weight excluding hydrogens is 393 g/mol. The summed E-state index contributed by atoms with van der Waals surface area (Å²) in [5, 5.41) is 0. The number of alkyl halides is 3. The summed E-state index contributed by atoms with van der Waals surface area (Å²) in [6, 6.07) is 3.99. The number of hydrogen-bond donors (Lipinski definition) is 0. The van der Waals surface area contributed by atoms with Crippen molar-refractivity contribution in [2.75, 3.05) is 24.6 Å². The van der Waals surface area contributed by atoms with E-state index >= 15 is 0 Å². The molecule has 0 radical (unpaired) electrons. The molecule has 1 aromatic carbocycles. The minimum atomic E-state index is -4.88. The second-order valence-corrected chi connectivity index (χ2v) is 6.92. The highest BCUT2D eigenvalue weighted by Gasteiger charge is 2.44. The van der Waals surface area contributed by atoms with Crippen molar-refractivity contribution in [1.82, 2.24) is 4.90 Å². The monoisotopic (exact) mass is 414 g/mol. The fourth-order valence-corrected chi connectivity index (χ4v) is 3.73. The van der Waals surface area contributed by atoms with Crippen LogP contribution in [0.3, 0.4) is 0 Å². The van der Waals surface area contributed by atoms with E-state index in [-0.39, 0.29) is 30.6 Å². The summed E-state index contributed by atoms with van der Waals surface area (Å²) >= 11 is 0. The molecule has 1 aromatic rings. The lowest BCUT2D eigenvalue weighted by Crippen LogP contribution is -2.48. The fraction of sp³-hybridized carbons (Fsp3) is 0.526. The molecule has 2 atom stereocenters. The smallest absolute Gasteiger partial charge is 0.466 e. The number of imide groups is 1. The Morgan fingerprint density at radius 3 is 2.72 bits per heavy atom. The zero-order valence-electron chi connectivity index (χ0n) is 15.8. The van der Waals surface area contributed by atoms with E-state index in [0.29, 0.717) is 25.9 Å².